The molecule has 0 unspecified atom stereocenters. The minimum absolute atomic E-state index is 0.0395. The molecule has 3 aromatic rings. The maximum atomic E-state index is 14.6. The first-order valence-electron chi connectivity index (χ1n) is 9.82. The quantitative estimate of drug-likeness (QED) is 0.605. The van der Waals surface area contributed by atoms with Crippen molar-refractivity contribution in [1.82, 2.24) is 14.8 Å². The first kappa shape index (κ1) is 21.0. The van der Waals surface area contributed by atoms with Crippen molar-refractivity contribution in [2.24, 2.45) is 0 Å². The van der Waals surface area contributed by atoms with E-state index < -0.39 is 21.8 Å². The van der Waals surface area contributed by atoms with E-state index in [0.717, 1.165) is 31.5 Å². The number of esters is 1. The normalized spacial score (nSPS) is 13.9. The molecule has 2 aromatic carbocycles. The molecule has 0 saturated heterocycles. The Balaban J connectivity index is 1.63. The summed E-state index contributed by atoms with van der Waals surface area (Å²) >= 11 is 0. The van der Waals surface area contributed by atoms with Crippen molar-refractivity contribution in [3.63, 3.8) is 0 Å². The predicted molar refractivity (Wildman–Crippen MR) is 112 cm³/mol. The molecule has 31 heavy (non-hydrogen) atoms. The number of nitrogens with zero attached hydrogens (tertiary/aromatic N) is 3. The van der Waals surface area contributed by atoms with E-state index in [4.69, 9.17) is 0 Å². The number of anilines is 1. The number of carbonyl (C=O) groups excluding carboxylic acids is 1. The second-order valence-electron chi connectivity index (χ2n) is 7.22. The molecule has 1 N–H and O–H groups in total. The molecule has 1 aromatic heterocycles. The third-order valence-corrected chi connectivity index (χ3v) is 6.55. The van der Waals surface area contributed by atoms with Gasteiger partial charge in [-0.25, -0.2) is 17.6 Å². The molecule has 10 heteroatoms. The number of rotatable bonds is 5. The minimum Gasteiger partial charge on any atom is -0.465 e. The Kier molecular flexibility index (Phi) is 5.73. The largest absolute Gasteiger partial charge is 0.465 e. The molecule has 0 saturated carbocycles. The molecule has 4 rings (SSSR count). The molecular weight excluding hydrogens is 423 g/mol. The Morgan fingerprint density at radius 1 is 1.10 bits per heavy atom. The molecule has 0 aliphatic carbocycles. The number of hydrogen-bond donors (Lipinski definition) is 1. The summed E-state index contributed by atoms with van der Waals surface area (Å²) in [7, 11) is -2.71. The fourth-order valence-electron chi connectivity index (χ4n) is 3.55. The monoisotopic (exact) mass is 444 g/mol. The lowest BCUT2D eigenvalue weighted by Crippen LogP contribution is -2.13. The molecule has 0 spiro atoms. The fourth-order valence-corrected chi connectivity index (χ4v) is 4.60. The van der Waals surface area contributed by atoms with Crippen LogP contribution in [0.25, 0.3) is 11.4 Å². The van der Waals surface area contributed by atoms with Crippen LogP contribution in [-0.4, -0.2) is 36.3 Å². The van der Waals surface area contributed by atoms with Crippen LogP contribution in [0.1, 0.15) is 35.4 Å². The van der Waals surface area contributed by atoms with Gasteiger partial charge in [-0.05, 0) is 55.3 Å². The highest BCUT2D eigenvalue weighted by molar-refractivity contribution is 7.92. The summed E-state index contributed by atoms with van der Waals surface area (Å²) in [5.41, 5.74) is 0.610. The van der Waals surface area contributed by atoms with Gasteiger partial charge in [0.15, 0.2) is 5.82 Å². The molecule has 8 nitrogen and oxygen atoms in total. The van der Waals surface area contributed by atoms with Crippen LogP contribution in [0.4, 0.5) is 10.1 Å². The molecule has 1 aliphatic rings. The zero-order valence-electron chi connectivity index (χ0n) is 16.8. The maximum Gasteiger partial charge on any atom is 0.337 e. The third kappa shape index (κ3) is 4.29. The van der Waals surface area contributed by atoms with Gasteiger partial charge in [0.25, 0.3) is 10.0 Å². The second kappa shape index (κ2) is 8.46. The topological polar surface area (TPSA) is 103 Å². The van der Waals surface area contributed by atoms with Gasteiger partial charge < -0.3 is 9.30 Å². The fraction of sp³-hybridized carbons (Fsp3) is 0.286. The zero-order valence-corrected chi connectivity index (χ0v) is 17.7. The summed E-state index contributed by atoms with van der Waals surface area (Å²) in [6.45, 7) is 0.694. The van der Waals surface area contributed by atoms with Crippen LogP contribution in [0.3, 0.4) is 0 Å². The van der Waals surface area contributed by atoms with Crippen molar-refractivity contribution < 1.29 is 22.3 Å². The second-order valence-corrected chi connectivity index (χ2v) is 8.90. The number of nitrogens with one attached hydrogen (secondary N) is 1. The summed E-state index contributed by atoms with van der Waals surface area (Å²) in [4.78, 5) is 11.5. The number of ether oxygens (including phenoxy) is 1. The van der Waals surface area contributed by atoms with Gasteiger partial charge in [-0.1, -0.05) is 6.42 Å². The summed E-state index contributed by atoms with van der Waals surface area (Å²) < 4.78 is 49.1. The van der Waals surface area contributed by atoms with E-state index in [1.165, 1.54) is 49.6 Å². The highest BCUT2D eigenvalue weighted by atomic mass is 32.2. The van der Waals surface area contributed by atoms with E-state index in [1.807, 2.05) is 4.57 Å². The maximum absolute atomic E-state index is 14.6. The van der Waals surface area contributed by atoms with Crippen LogP contribution in [0.2, 0.25) is 0 Å². The summed E-state index contributed by atoms with van der Waals surface area (Å²) in [5.74, 6) is 0.124. The SMILES string of the molecule is COC(=O)c1ccc(S(=O)(=O)Nc2ccc(F)c(-c3nnc4n3CCCCC4)c2)cc1. The van der Waals surface area contributed by atoms with Crippen molar-refractivity contribution in [2.45, 2.75) is 37.1 Å². The predicted octanol–water partition coefficient (Wildman–Crippen LogP) is 3.40. The lowest BCUT2D eigenvalue weighted by atomic mass is 10.1. The number of aryl methyl sites for hydroxylation is 1. The number of carbonyl (C=O) groups is 1. The van der Waals surface area contributed by atoms with Crippen LogP contribution in [0.15, 0.2) is 47.4 Å². The first-order chi connectivity index (χ1) is 14.9. The highest BCUT2D eigenvalue weighted by Crippen LogP contribution is 2.28. The average molecular weight is 444 g/mol. The van der Waals surface area contributed by atoms with Crippen molar-refractivity contribution in [3.8, 4) is 11.4 Å². The van der Waals surface area contributed by atoms with Crippen molar-refractivity contribution >= 4 is 21.7 Å². The Morgan fingerprint density at radius 2 is 1.87 bits per heavy atom. The molecule has 1 aliphatic heterocycles. The summed E-state index contributed by atoms with van der Waals surface area (Å²) in [6.07, 6.45) is 3.81. The Bertz CT molecular complexity index is 1220. The number of sulfonamides is 1. The van der Waals surface area contributed by atoms with Crippen LogP contribution in [0.5, 0.6) is 0 Å². The standard InChI is InChI=1S/C21H21FN4O4S/c1-30-21(27)14-6-9-16(10-7-14)31(28,29)25-15-8-11-18(22)17(13-15)20-24-23-19-5-3-2-4-12-26(19)20/h6-11,13,25H,2-5,12H2,1H3. The van der Waals surface area contributed by atoms with E-state index in [9.17, 15) is 17.6 Å². The minimum atomic E-state index is -3.95. The number of methoxy groups -OCH3 is 1. The van der Waals surface area contributed by atoms with Gasteiger partial charge in [-0.3, -0.25) is 4.72 Å². The number of halogens is 1. The smallest absolute Gasteiger partial charge is 0.337 e. The van der Waals surface area contributed by atoms with Crippen LogP contribution in [0, 0.1) is 5.82 Å². The van der Waals surface area contributed by atoms with Gasteiger partial charge in [0.2, 0.25) is 0 Å². The van der Waals surface area contributed by atoms with E-state index in [2.05, 4.69) is 19.7 Å². The lowest BCUT2D eigenvalue weighted by molar-refractivity contribution is 0.0600. The Morgan fingerprint density at radius 3 is 2.61 bits per heavy atom. The molecule has 0 amide bonds. The zero-order chi connectivity index (χ0) is 22.0. The number of hydrogen-bond acceptors (Lipinski definition) is 6. The average Bonchev–Trinajstić information content (AvgIpc) is 3.02. The molecule has 162 valence electrons. The van der Waals surface area contributed by atoms with Gasteiger partial charge in [-0.15, -0.1) is 10.2 Å². The molecule has 0 radical (unpaired) electrons. The van der Waals surface area contributed by atoms with E-state index in [1.54, 1.807) is 0 Å². The number of fused-ring (bicyclic) bond motifs is 1. The summed E-state index contributed by atoms with van der Waals surface area (Å²) in [6, 6.07) is 9.29. The van der Waals surface area contributed by atoms with Gasteiger partial charge in [0.05, 0.1) is 23.1 Å². The van der Waals surface area contributed by atoms with Gasteiger partial charge in [-0.2, -0.15) is 0 Å². The van der Waals surface area contributed by atoms with Gasteiger partial charge in [0, 0.05) is 18.7 Å². The number of benzene rings is 2. The molecule has 0 atom stereocenters. The van der Waals surface area contributed by atoms with Crippen molar-refractivity contribution in [3.05, 3.63) is 59.7 Å². The van der Waals surface area contributed by atoms with Crippen molar-refractivity contribution in [1.29, 1.82) is 0 Å². The number of aromatic nitrogens is 3. The molecule has 0 bridgehead atoms. The lowest BCUT2D eigenvalue weighted by Gasteiger charge is -2.12. The Hall–Kier alpha value is -3.27. The molecular formula is C21H21FN4O4S. The van der Waals surface area contributed by atoms with E-state index in [0.29, 0.717) is 12.4 Å². The Labute approximate surface area is 179 Å². The van der Waals surface area contributed by atoms with Crippen LogP contribution in [-0.2, 0) is 27.7 Å². The molecule has 2 heterocycles. The highest BCUT2D eigenvalue weighted by Gasteiger charge is 2.21. The van der Waals surface area contributed by atoms with Crippen molar-refractivity contribution in [2.75, 3.05) is 11.8 Å². The van der Waals surface area contributed by atoms with Crippen LogP contribution < -0.4 is 4.72 Å². The van der Waals surface area contributed by atoms with Gasteiger partial charge in [0.1, 0.15) is 11.6 Å². The van der Waals surface area contributed by atoms with E-state index in [-0.39, 0.29) is 21.7 Å². The van der Waals surface area contributed by atoms with Gasteiger partial charge >= 0.3 is 5.97 Å². The van der Waals surface area contributed by atoms with Crippen LogP contribution >= 0.6 is 0 Å². The summed E-state index contributed by atoms with van der Waals surface area (Å²) in [5, 5.41) is 8.34. The van der Waals surface area contributed by atoms with E-state index >= 15 is 0 Å². The first-order valence-corrected chi connectivity index (χ1v) is 11.3. The third-order valence-electron chi connectivity index (χ3n) is 5.15. The molecule has 0 fully saturated rings.